The van der Waals surface area contributed by atoms with Crippen molar-refractivity contribution >= 4 is 21.1 Å². The number of aryl methyl sites for hydroxylation is 3. The van der Waals surface area contributed by atoms with E-state index in [1.165, 1.54) is 5.69 Å². The summed E-state index contributed by atoms with van der Waals surface area (Å²) in [5.74, 6) is 0.875. The molecule has 0 spiro atoms. The van der Waals surface area contributed by atoms with Crippen LogP contribution in [-0.4, -0.2) is 28.7 Å². The third-order valence-corrected chi connectivity index (χ3v) is 8.76. The molecule has 7 heteroatoms. The first-order chi connectivity index (χ1) is 13.4. The molecular weight excluding hydrogens is 396 g/mol. The molecule has 0 saturated carbocycles. The van der Waals surface area contributed by atoms with Crippen LogP contribution in [0.5, 0.6) is 0 Å². The highest BCUT2D eigenvalue weighted by Crippen LogP contribution is 2.52. The maximum Gasteiger partial charge on any atom is 0.209 e. The summed E-state index contributed by atoms with van der Waals surface area (Å²) >= 11 is 0. The molecule has 1 atom stereocenters. The van der Waals surface area contributed by atoms with E-state index in [-0.39, 0.29) is 22.5 Å². The molecule has 0 aromatic carbocycles. The lowest BCUT2D eigenvalue weighted by Gasteiger charge is -2.51. The van der Waals surface area contributed by atoms with Gasteiger partial charge in [-0.05, 0) is 48.5 Å². The smallest absolute Gasteiger partial charge is 0.209 e. The number of sulfonamides is 1. The van der Waals surface area contributed by atoms with Gasteiger partial charge in [-0.15, -0.1) is 0 Å². The maximum absolute atomic E-state index is 11.8. The third kappa shape index (κ3) is 4.72. The molecule has 2 rings (SSSR count). The SMILES string of the molecule is CCc1nc(C)nc2c1cc(C)n2CC(C)(C)C(C)(C)C(C)C(C)(C)CS(N)(=O)=O. The fraction of sp³-hybridized carbons (Fsp3) is 0.739. The molecule has 2 aromatic heterocycles. The van der Waals surface area contributed by atoms with E-state index >= 15 is 0 Å². The zero-order valence-corrected chi connectivity index (χ0v) is 21.2. The minimum atomic E-state index is -3.55. The number of hydrogen-bond acceptors (Lipinski definition) is 4. The van der Waals surface area contributed by atoms with Gasteiger partial charge in [0.25, 0.3) is 0 Å². The van der Waals surface area contributed by atoms with E-state index in [2.05, 4.69) is 64.1 Å². The highest BCUT2D eigenvalue weighted by Gasteiger charge is 2.48. The zero-order valence-electron chi connectivity index (χ0n) is 20.4. The van der Waals surface area contributed by atoms with E-state index < -0.39 is 15.4 Å². The lowest BCUT2D eigenvalue weighted by atomic mass is 9.55. The first-order valence-electron chi connectivity index (χ1n) is 10.8. The molecule has 0 radical (unpaired) electrons. The quantitative estimate of drug-likeness (QED) is 0.654. The Hall–Kier alpha value is -1.47. The van der Waals surface area contributed by atoms with E-state index in [0.717, 1.165) is 35.5 Å². The van der Waals surface area contributed by atoms with Gasteiger partial charge in [0.05, 0.1) is 11.4 Å². The summed E-state index contributed by atoms with van der Waals surface area (Å²) in [5, 5.41) is 6.52. The standard InChI is InChI=1S/C23H40N4O2S/c1-11-19-18-12-15(2)27(20(18)26-17(4)25-19)13-22(7,8)23(9,10)16(3)21(5,6)14-30(24,28)29/h12,16H,11,13-14H2,1-10H3,(H2,24,28,29). The lowest BCUT2D eigenvalue weighted by Crippen LogP contribution is -2.48. The van der Waals surface area contributed by atoms with E-state index in [0.29, 0.717) is 0 Å². The molecule has 0 saturated heterocycles. The van der Waals surface area contributed by atoms with Gasteiger partial charge in [-0.25, -0.2) is 23.5 Å². The van der Waals surface area contributed by atoms with Gasteiger partial charge in [-0.2, -0.15) is 0 Å². The van der Waals surface area contributed by atoms with Crippen LogP contribution >= 0.6 is 0 Å². The largest absolute Gasteiger partial charge is 0.329 e. The van der Waals surface area contributed by atoms with Crippen LogP contribution in [0.15, 0.2) is 6.07 Å². The average Bonchev–Trinajstić information content (AvgIpc) is 2.86. The van der Waals surface area contributed by atoms with E-state index in [1.54, 1.807) is 0 Å². The molecule has 0 fully saturated rings. The van der Waals surface area contributed by atoms with Crippen molar-refractivity contribution in [2.75, 3.05) is 5.75 Å². The lowest BCUT2D eigenvalue weighted by molar-refractivity contribution is -0.0172. The topological polar surface area (TPSA) is 90.9 Å². The monoisotopic (exact) mass is 436 g/mol. The number of aromatic nitrogens is 3. The van der Waals surface area contributed by atoms with Crippen LogP contribution in [0.4, 0.5) is 0 Å². The number of fused-ring (bicyclic) bond motifs is 1. The van der Waals surface area contributed by atoms with Gasteiger partial charge in [0.15, 0.2) is 0 Å². The number of nitrogens with two attached hydrogens (primary N) is 1. The van der Waals surface area contributed by atoms with Gasteiger partial charge in [0, 0.05) is 17.6 Å². The van der Waals surface area contributed by atoms with Gasteiger partial charge in [-0.1, -0.05) is 55.4 Å². The number of primary sulfonamides is 1. The number of rotatable bonds is 8. The predicted octanol–water partition coefficient (Wildman–Crippen LogP) is 4.61. The molecule has 170 valence electrons. The summed E-state index contributed by atoms with van der Waals surface area (Å²) < 4.78 is 26.0. The molecule has 2 N–H and O–H groups in total. The molecule has 0 aliphatic heterocycles. The molecular formula is C23H40N4O2S. The number of hydrogen-bond donors (Lipinski definition) is 1. The average molecular weight is 437 g/mol. The number of nitrogens with zero attached hydrogens (tertiary/aromatic N) is 3. The molecule has 0 aliphatic carbocycles. The van der Waals surface area contributed by atoms with Crippen molar-refractivity contribution in [3.63, 3.8) is 0 Å². The summed E-state index contributed by atoms with van der Waals surface area (Å²) in [6, 6.07) is 2.19. The molecule has 0 bridgehead atoms. The van der Waals surface area contributed by atoms with Crippen molar-refractivity contribution in [3.8, 4) is 0 Å². The van der Waals surface area contributed by atoms with Crippen molar-refractivity contribution in [1.82, 2.24) is 14.5 Å². The molecule has 1 unspecified atom stereocenters. The van der Waals surface area contributed by atoms with E-state index in [9.17, 15) is 8.42 Å². The van der Waals surface area contributed by atoms with E-state index in [1.807, 2.05) is 20.8 Å². The van der Waals surface area contributed by atoms with Crippen LogP contribution in [-0.2, 0) is 23.0 Å². The third-order valence-electron chi connectivity index (χ3n) is 7.61. The highest BCUT2D eigenvalue weighted by molar-refractivity contribution is 7.89. The van der Waals surface area contributed by atoms with Crippen molar-refractivity contribution in [1.29, 1.82) is 0 Å². The Bertz CT molecular complexity index is 1030. The Kier molecular flexibility index (Phi) is 6.53. The summed E-state index contributed by atoms with van der Waals surface area (Å²) in [7, 11) is -3.55. The van der Waals surface area contributed by atoms with Crippen LogP contribution in [0, 0.1) is 36.0 Å². The fourth-order valence-electron chi connectivity index (χ4n) is 4.71. The van der Waals surface area contributed by atoms with Gasteiger partial charge in [0.1, 0.15) is 11.5 Å². The minimum Gasteiger partial charge on any atom is -0.329 e. The second-order valence-corrected chi connectivity index (χ2v) is 12.4. The van der Waals surface area contributed by atoms with Crippen LogP contribution in [0.3, 0.4) is 0 Å². The predicted molar refractivity (Wildman–Crippen MR) is 125 cm³/mol. The van der Waals surface area contributed by atoms with Crippen LogP contribution in [0.1, 0.15) is 72.6 Å². The van der Waals surface area contributed by atoms with Crippen LogP contribution in [0.2, 0.25) is 0 Å². The summed E-state index contributed by atoms with van der Waals surface area (Å²) in [6.07, 6.45) is 0.872. The Labute approximate surface area is 182 Å². The Balaban J connectivity index is 2.49. The summed E-state index contributed by atoms with van der Waals surface area (Å²) in [4.78, 5) is 9.39. The second kappa shape index (κ2) is 7.90. The molecule has 6 nitrogen and oxygen atoms in total. The van der Waals surface area contributed by atoms with Crippen molar-refractivity contribution in [3.05, 3.63) is 23.3 Å². The maximum atomic E-state index is 11.8. The highest BCUT2D eigenvalue weighted by atomic mass is 32.2. The molecule has 2 heterocycles. The molecule has 0 amide bonds. The minimum absolute atomic E-state index is 0.0293. The van der Waals surface area contributed by atoms with Crippen molar-refractivity contribution < 1.29 is 8.42 Å². The zero-order chi connectivity index (χ0) is 23.3. The Morgan fingerprint density at radius 1 is 1.10 bits per heavy atom. The Morgan fingerprint density at radius 2 is 1.67 bits per heavy atom. The van der Waals surface area contributed by atoms with E-state index in [4.69, 9.17) is 10.1 Å². The molecule has 0 aliphatic rings. The molecule has 30 heavy (non-hydrogen) atoms. The fourth-order valence-corrected chi connectivity index (χ4v) is 5.99. The van der Waals surface area contributed by atoms with Crippen molar-refractivity contribution in [2.24, 2.45) is 27.3 Å². The van der Waals surface area contributed by atoms with Crippen LogP contribution in [0.25, 0.3) is 11.0 Å². The van der Waals surface area contributed by atoms with Gasteiger partial charge in [0.2, 0.25) is 10.0 Å². The van der Waals surface area contributed by atoms with Gasteiger partial charge < -0.3 is 4.57 Å². The summed E-state index contributed by atoms with van der Waals surface area (Å²) in [5.41, 5.74) is 2.48. The van der Waals surface area contributed by atoms with Gasteiger partial charge >= 0.3 is 0 Å². The Morgan fingerprint density at radius 3 is 2.17 bits per heavy atom. The molecule has 2 aromatic rings. The normalized spacial score (nSPS) is 15.0. The summed E-state index contributed by atoms with van der Waals surface area (Å²) in [6.45, 7) is 22.1. The first kappa shape index (κ1) is 24.8. The van der Waals surface area contributed by atoms with Crippen molar-refractivity contribution in [2.45, 2.75) is 82.2 Å². The second-order valence-electron chi connectivity index (χ2n) is 10.8. The van der Waals surface area contributed by atoms with Crippen LogP contribution < -0.4 is 5.14 Å². The van der Waals surface area contributed by atoms with Gasteiger partial charge in [-0.3, -0.25) is 0 Å². The first-order valence-corrected chi connectivity index (χ1v) is 12.5.